The molecule has 5 heteroatoms. The third-order valence-corrected chi connectivity index (χ3v) is 2.81. The molecule has 1 aromatic carbocycles. The summed E-state index contributed by atoms with van der Waals surface area (Å²) in [6.45, 7) is 4.37. The van der Waals surface area contributed by atoms with Crippen molar-refractivity contribution in [1.82, 2.24) is 10.7 Å². The first-order valence-electron chi connectivity index (χ1n) is 6.80. The minimum absolute atomic E-state index is 0.211. The van der Waals surface area contributed by atoms with Gasteiger partial charge in [0.25, 0.3) is 0 Å². The number of hydrogen-bond acceptors (Lipinski definition) is 3. The number of hydrogen-bond donors (Lipinski definition) is 2. The molecule has 0 radical (unpaired) electrons. The Hall–Kier alpha value is -2.17. The maximum Gasteiger partial charge on any atom is 0.249 e. The van der Waals surface area contributed by atoms with Crippen molar-refractivity contribution in [2.24, 2.45) is 5.10 Å². The van der Waals surface area contributed by atoms with Gasteiger partial charge in [-0.1, -0.05) is 44.2 Å². The van der Waals surface area contributed by atoms with Crippen molar-refractivity contribution < 1.29 is 9.59 Å². The second-order valence-corrected chi connectivity index (χ2v) is 4.36. The molecule has 0 spiro atoms. The van der Waals surface area contributed by atoms with Crippen molar-refractivity contribution >= 4 is 17.5 Å². The topological polar surface area (TPSA) is 70.6 Å². The Morgan fingerprint density at radius 3 is 2.30 bits per heavy atom. The van der Waals surface area contributed by atoms with Crippen molar-refractivity contribution in [2.45, 2.75) is 39.7 Å². The molecule has 0 aliphatic rings. The van der Waals surface area contributed by atoms with Gasteiger partial charge in [0.15, 0.2) is 0 Å². The molecular formula is C15H21N3O2. The van der Waals surface area contributed by atoms with Gasteiger partial charge >= 0.3 is 0 Å². The normalized spacial score (nSPS) is 9.70. The fourth-order valence-corrected chi connectivity index (χ4v) is 1.59. The second kappa shape index (κ2) is 8.85. The lowest BCUT2D eigenvalue weighted by Crippen LogP contribution is -2.30. The molecular weight excluding hydrogens is 254 g/mol. The molecule has 0 fully saturated rings. The summed E-state index contributed by atoms with van der Waals surface area (Å²) in [6.07, 6.45) is 1.37. The number of nitrogens with one attached hydrogen (secondary N) is 2. The Labute approximate surface area is 119 Å². The summed E-state index contributed by atoms with van der Waals surface area (Å²) in [4.78, 5) is 23.1. The number of carbonyl (C=O) groups is 2. The maximum absolute atomic E-state index is 11.6. The highest BCUT2D eigenvalue weighted by Crippen LogP contribution is 1.97. The molecule has 5 nitrogen and oxygen atoms in total. The van der Waals surface area contributed by atoms with Crippen molar-refractivity contribution in [3.8, 4) is 0 Å². The summed E-state index contributed by atoms with van der Waals surface area (Å²) >= 11 is 0. The highest BCUT2D eigenvalue weighted by molar-refractivity contribution is 5.97. The lowest BCUT2D eigenvalue weighted by Gasteiger charge is -2.05. The molecule has 1 rings (SSSR count). The Kier molecular flexibility index (Phi) is 7.03. The summed E-state index contributed by atoms with van der Waals surface area (Å²) in [6, 6.07) is 9.55. The van der Waals surface area contributed by atoms with Gasteiger partial charge in [0.1, 0.15) is 6.42 Å². The number of carbonyl (C=O) groups excluding carboxylic acids is 2. The molecule has 0 aliphatic carbocycles. The zero-order valence-corrected chi connectivity index (χ0v) is 12.0. The molecule has 0 atom stereocenters. The van der Waals surface area contributed by atoms with Gasteiger partial charge in [-0.2, -0.15) is 5.10 Å². The van der Waals surface area contributed by atoms with Crippen LogP contribution < -0.4 is 10.7 Å². The van der Waals surface area contributed by atoms with Crippen LogP contribution in [-0.2, 0) is 16.1 Å². The van der Waals surface area contributed by atoms with E-state index in [2.05, 4.69) is 15.8 Å². The molecule has 2 N–H and O–H groups in total. The molecule has 0 saturated carbocycles. The molecule has 0 aliphatic heterocycles. The summed E-state index contributed by atoms with van der Waals surface area (Å²) in [7, 11) is 0. The second-order valence-electron chi connectivity index (χ2n) is 4.36. The molecule has 108 valence electrons. The van der Waals surface area contributed by atoms with Crippen LogP contribution in [0.2, 0.25) is 0 Å². The fourth-order valence-electron chi connectivity index (χ4n) is 1.59. The van der Waals surface area contributed by atoms with Crippen LogP contribution in [0.15, 0.2) is 35.4 Å². The number of rotatable bonds is 7. The van der Waals surface area contributed by atoms with Crippen LogP contribution in [0.25, 0.3) is 0 Å². The van der Waals surface area contributed by atoms with Crippen LogP contribution in [0.1, 0.15) is 38.7 Å². The van der Waals surface area contributed by atoms with Crippen LogP contribution in [0.5, 0.6) is 0 Å². The third kappa shape index (κ3) is 6.13. The van der Waals surface area contributed by atoms with E-state index in [0.29, 0.717) is 6.54 Å². The lowest BCUT2D eigenvalue weighted by molar-refractivity contribution is -0.129. The van der Waals surface area contributed by atoms with E-state index < -0.39 is 5.91 Å². The van der Waals surface area contributed by atoms with Gasteiger partial charge in [-0.05, 0) is 18.4 Å². The van der Waals surface area contributed by atoms with Gasteiger partial charge in [-0.3, -0.25) is 9.59 Å². The number of amides is 2. The number of nitrogens with zero attached hydrogens (tertiary/aromatic N) is 1. The molecule has 0 saturated heterocycles. The number of benzene rings is 1. The van der Waals surface area contributed by atoms with Crippen molar-refractivity contribution in [2.75, 3.05) is 0 Å². The minimum atomic E-state index is -0.394. The quantitative estimate of drug-likeness (QED) is 0.454. The average Bonchev–Trinajstić information content (AvgIpc) is 2.47. The van der Waals surface area contributed by atoms with E-state index in [0.717, 1.165) is 24.1 Å². The first kappa shape index (κ1) is 15.9. The molecule has 0 bridgehead atoms. The van der Waals surface area contributed by atoms with Crippen LogP contribution in [0, 0.1) is 0 Å². The van der Waals surface area contributed by atoms with Gasteiger partial charge in [-0.15, -0.1) is 0 Å². The fraction of sp³-hybridized carbons (Fsp3) is 0.400. The van der Waals surface area contributed by atoms with Crippen LogP contribution >= 0.6 is 0 Å². The van der Waals surface area contributed by atoms with Crippen molar-refractivity contribution in [3.05, 3.63) is 35.9 Å². The Balaban J connectivity index is 2.31. The largest absolute Gasteiger partial charge is 0.352 e. The Morgan fingerprint density at radius 1 is 1.05 bits per heavy atom. The Bertz CT molecular complexity index is 463. The van der Waals surface area contributed by atoms with Crippen LogP contribution in [0.3, 0.4) is 0 Å². The summed E-state index contributed by atoms with van der Waals surface area (Å²) in [5, 5.41) is 6.67. The van der Waals surface area contributed by atoms with Gasteiger partial charge < -0.3 is 5.32 Å². The van der Waals surface area contributed by atoms with E-state index in [1.165, 1.54) is 0 Å². The van der Waals surface area contributed by atoms with Gasteiger partial charge in [0, 0.05) is 12.3 Å². The lowest BCUT2D eigenvalue weighted by atomic mass is 10.2. The van der Waals surface area contributed by atoms with E-state index in [9.17, 15) is 9.59 Å². The standard InChI is InChI=1S/C15H21N3O2/c1-3-13(4-2)17-18-15(20)10-14(19)16-11-12-8-6-5-7-9-12/h5-9H,3-4,10-11H2,1-2H3,(H,16,19)(H,18,20). The van der Waals surface area contributed by atoms with Crippen molar-refractivity contribution in [1.29, 1.82) is 0 Å². The summed E-state index contributed by atoms with van der Waals surface area (Å²) in [5.41, 5.74) is 4.31. The predicted molar refractivity (Wildman–Crippen MR) is 79.1 cm³/mol. The molecule has 0 heterocycles. The van der Waals surface area contributed by atoms with E-state index in [-0.39, 0.29) is 12.3 Å². The average molecular weight is 275 g/mol. The maximum atomic E-state index is 11.6. The smallest absolute Gasteiger partial charge is 0.249 e. The third-order valence-electron chi connectivity index (χ3n) is 2.81. The van der Waals surface area contributed by atoms with Gasteiger partial charge in [0.2, 0.25) is 11.8 Å². The van der Waals surface area contributed by atoms with E-state index in [4.69, 9.17) is 0 Å². The highest BCUT2D eigenvalue weighted by atomic mass is 16.2. The minimum Gasteiger partial charge on any atom is -0.352 e. The van der Waals surface area contributed by atoms with E-state index >= 15 is 0 Å². The van der Waals surface area contributed by atoms with Gasteiger partial charge in [-0.25, -0.2) is 5.43 Å². The zero-order chi connectivity index (χ0) is 14.8. The first-order valence-corrected chi connectivity index (χ1v) is 6.80. The molecule has 0 aromatic heterocycles. The summed E-state index contributed by atoms with van der Waals surface area (Å²) in [5.74, 6) is -0.703. The molecule has 2 amide bonds. The SMILES string of the molecule is CCC(CC)=NNC(=O)CC(=O)NCc1ccccc1. The van der Waals surface area contributed by atoms with E-state index in [1.54, 1.807) is 0 Å². The van der Waals surface area contributed by atoms with Crippen molar-refractivity contribution in [3.63, 3.8) is 0 Å². The zero-order valence-electron chi connectivity index (χ0n) is 12.0. The van der Waals surface area contributed by atoms with Gasteiger partial charge in [0.05, 0.1) is 0 Å². The predicted octanol–water partition coefficient (Wildman–Crippen LogP) is 1.99. The molecule has 0 unspecified atom stereocenters. The first-order chi connectivity index (χ1) is 9.65. The molecule has 1 aromatic rings. The Morgan fingerprint density at radius 2 is 1.70 bits per heavy atom. The number of hydrazone groups is 1. The van der Waals surface area contributed by atoms with Crippen LogP contribution in [-0.4, -0.2) is 17.5 Å². The monoisotopic (exact) mass is 275 g/mol. The van der Waals surface area contributed by atoms with E-state index in [1.807, 2.05) is 44.2 Å². The summed E-state index contributed by atoms with van der Waals surface area (Å²) < 4.78 is 0. The van der Waals surface area contributed by atoms with Crippen LogP contribution in [0.4, 0.5) is 0 Å². The highest BCUT2D eigenvalue weighted by Gasteiger charge is 2.08. The molecule has 20 heavy (non-hydrogen) atoms.